The van der Waals surface area contributed by atoms with Gasteiger partial charge in [-0.15, -0.1) is 0 Å². The Morgan fingerprint density at radius 1 is 0.867 bits per heavy atom. The molecule has 154 valence electrons. The van der Waals surface area contributed by atoms with E-state index in [-0.39, 0.29) is 10.8 Å². The smallest absolute Gasteiger partial charge is 0.262 e. The zero-order chi connectivity index (χ0) is 21.1. The first-order chi connectivity index (χ1) is 14.4. The van der Waals surface area contributed by atoms with E-state index in [4.69, 9.17) is 9.47 Å². The fourth-order valence-corrected chi connectivity index (χ4v) is 4.33. The van der Waals surface area contributed by atoms with Gasteiger partial charge < -0.3 is 14.8 Å². The van der Waals surface area contributed by atoms with Crippen molar-refractivity contribution in [3.8, 4) is 11.5 Å². The van der Waals surface area contributed by atoms with Crippen LogP contribution in [-0.2, 0) is 10.0 Å². The van der Waals surface area contributed by atoms with E-state index in [1.165, 1.54) is 12.1 Å². The number of nitrogens with one attached hydrogen (secondary N) is 2. The van der Waals surface area contributed by atoms with Gasteiger partial charge in [0, 0.05) is 27.5 Å². The Labute approximate surface area is 182 Å². The van der Waals surface area contributed by atoms with Crippen LogP contribution < -0.4 is 19.5 Å². The van der Waals surface area contributed by atoms with E-state index >= 15 is 0 Å². The third-order valence-electron chi connectivity index (χ3n) is 4.31. The molecule has 9 heteroatoms. The summed E-state index contributed by atoms with van der Waals surface area (Å²) < 4.78 is 39.6. The average molecular weight is 489 g/mol. The molecule has 0 spiro atoms. The molecule has 1 aliphatic heterocycles. The molecule has 3 aromatic rings. The van der Waals surface area contributed by atoms with Crippen LogP contribution in [0, 0.1) is 0 Å². The van der Waals surface area contributed by atoms with Gasteiger partial charge in [-0.1, -0.05) is 22.0 Å². The number of hydrogen-bond acceptors (Lipinski definition) is 5. The van der Waals surface area contributed by atoms with Gasteiger partial charge in [0.25, 0.3) is 15.9 Å². The van der Waals surface area contributed by atoms with Crippen molar-refractivity contribution < 1.29 is 22.7 Å². The van der Waals surface area contributed by atoms with Gasteiger partial charge in [0.1, 0.15) is 13.2 Å². The Balaban J connectivity index is 1.46. The summed E-state index contributed by atoms with van der Waals surface area (Å²) >= 11 is 3.33. The van der Waals surface area contributed by atoms with Crippen molar-refractivity contribution in [2.75, 3.05) is 23.3 Å². The average Bonchev–Trinajstić information content (AvgIpc) is 2.74. The van der Waals surface area contributed by atoms with Crippen LogP contribution in [0.5, 0.6) is 11.5 Å². The van der Waals surface area contributed by atoms with E-state index < -0.39 is 10.0 Å². The highest BCUT2D eigenvalue weighted by Crippen LogP contribution is 2.32. The Morgan fingerprint density at radius 3 is 2.30 bits per heavy atom. The number of amides is 1. The normalized spacial score (nSPS) is 12.8. The van der Waals surface area contributed by atoms with Crippen LogP contribution in [0.1, 0.15) is 10.4 Å². The van der Waals surface area contributed by atoms with Gasteiger partial charge in [-0.3, -0.25) is 9.52 Å². The lowest BCUT2D eigenvalue weighted by Gasteiger charge is -2.19. The number of ether oxygens (including phenoxy) is 2. The molecule has 0 saturated heterocycles. The molecule has 30 heavy (non-hydrogen) atoms. The predicted octanol–water partition coefficient (Wildman–Crippen LogP) is 4.27. The minimum Gasteiger partial charge on any atom is -0.486 e. The largest absolute Gasteiger partial charge is 0.486 e. The van der Waals surface area contributed by atoms with Crippen LogP contribution in [0.25, 0.3) is 0 Å². The fraction of sp³-hybridized carbons (Fsp3) is 0.0952. The molecule has 0 unspecified atom stereocenters. The Bertz CT molecular complexity index is 1200. The molecule has 0 aliphatic carbocycles. The van der Waals surface area contributed by atoms with E-state index in [1.807, 2.05) is 6.07 Å². The number of carbonyl (C=O) groups excluding carboxylic acids is 1. The predicted molar refractivity (Wildman–Crippen MR) is 117 cm³/mol. The van der Waals surface area contributed by atoms with Crippen molar-refractivity contribution in [2.45, 2.75) is 4.90 Å². The lowest BCUT2D eigenvalue weighted by Crippen LogP contribution is -2.17. The first-order valence-electron chi connectivity index (χ1n) is 9.00. The van der Waals surface area contributed by atoms with Gasteiger partial charge in [-0.05, 0) is 54.6 Å². The highest BCUT2D eigenvalue weighted by Gasteiger charge is 2.19. The van der Waals surface area contributed by atoms with Crippen LogP contribution in [0.4, 0.5) is 11.4 Å². The molecule has 0 radical (unpaired) electrons. The van der Waals surface area contributed by atoms with E-state index in [0.717, 1.165) is 4.47 Å². The summed E-state index contributed by atoms with van der Waals surface area (Å²) in [5, 5.41) is 2.77. The standard InChI is InChI=1S/C21H17BrN2O5S/c22-15-3-1-2-14(12-15)21(25)23-16-4-6-17(7-5-16)24-30(26,27)18-8-9-19-20(13-18)29-11-10-28-19/h1-9,12-13,24H,10-11H2,(H,23,25). The summed E-state index contributed by atoms with van der Waals surface area (Å²) in [7, 11) is -3.81. The summed E-state index contributed by atoms with van der Waals surface area (Å²) in [6.45, 7) is 0.804. The second-order valence-electron chi connectivity index (χ2n) is 6.45. The molecule has 1 aliphatic rings. The van der Waals surface area contributed by atoms with Gasteiger partial charge >= 0.3 is 0 Å². The number of halogens is 1. The SMILES string of the molecule is O=C(Nc1ccc(NS(=O)(=O)c2ccc3c(c2)OCCO3)cc1)c1cccc(Br)c1. The van der Waals surface area contributed by atoms with Crippen LogP contribution in [0.3, 0.4) is 0 Å². The molecule has 0 saturated carbocycles. The van der Waals surface area contributed by atoms with Crippen LogP contribution >= 0.6 is 15.9 Å². The molecule has 2 N–H and O–H groups in total. The Hall–Kier alpha value is -3.04. The molecule has 4 rings (SSSR count). The monoisotopic (exact) mass is 488 g/mol. The van der Waals surface area contributed by atoms with E-state index in [0.29, 0.717) is 41.7 Å². The van der Waals surface area contributed by atoms with Crippen molar-refractivity contribution in [2.24, 2.45) is 0 Å². The van der Waals surface area contributed by atoms with E-state index in [1.54, 1.807) is 48.5 Å². The zero-order valence-corrected chi connectivity index (χ0v) is 18.0. The van der Waals surface area contributed by atoms with Crippen molar-refractivity contribution in [3.05, 3.63) is 76.8 Å². The van der Waals surface area contributed by atoms with Crippen molar-refractivity contribution >= 4 is 43.2 Å². The number of anilines is 2. The first kappa shape index (κ1) is 20.2. The molecular weight excluding hydrogens is 472 g/mol. The lowest BCUT2D eigenvalue weighted by molar-refractivity contribution is 0.102. The molecular formula is C21H17BrN2O5S. The lowest BCUT2D eigenvalue weighted by atomic mass is 10.2. The summed E-state index contributed by atoms with van der Waals surface area (Å²) in [6.07, 6.45) is 0. The topological polar surface area (TPSA) is 93.7 Å². The van der Waals surface area contributed by atoms with Crippen LogP contribution in [-0.4, -0.2) is 27.5 Å². The third kappa shape index (κ3) is 4.58. The zero-order valence-electron chi connectivity index (χ0n) is 15.6. The number of carbonyl (C=O) groups is 1. The highest BCUT2D eigenvalue weighted by molar-refractivity contribution is 9.10. The maximum atomic E-state index is 12.7. The van der Waals surface area contributed by atoms with Gasteiger partial charge in [0.2, 0.25) is 0 Å². The summed E-state index contributed by atoms with van der Waals surface area (Å²) in [4.78, 5) is 12.4. The van der Waals surface area contributed by atoms with E-state index in [9.17, 15) is 13.2 Å². The Kier molecular flexibility index (Phi) is 5.65. The minimum absolute atomic E-state index is 0.0683. The number of hydrogen-bond donors (Lipinski definition) is 2. The molecule has 1 amide bonds. The quantitative estimate of drug-likeness (QED) is 0.559. The molecule has 0 aromatic heterocycles. The maximum Gasteiger partial charge on any atom is 0.262 e. The molecule has 7 nitrogen and oxygen atoms in total. The number of benzene rings is 3. The molecule has 0 atom stereocenters. The minimum atomic E-state index is -3.81. The van der Waals surface area contributed by atoms with Gasteiger partial charge in [-0.2, -0.15) is 0 Å². The summed E-state index contributed by atoms with van der Waals surface area (Å²) in [6, 6.07) is 17.9. The summed E-state index contributed by atoms with van der Waals surface area (Å²) in [5.74, 6) is 0.654. The number of fused-ring (bicyclic) bond motifs is 1. The number of rotatable bonds is 5. The van der Waals surface area contributed by atoms with Gasteiger partial charge in [-0.25, -0.2) is 8.42 Å². The summed E-state index contributed by atoms with van der Waals surface area (Å²) in [5.41, 5.74) is 1.42. The molecule has 1 heterocycles. The van der Waals surface area contributed by atoms with Crippen molar-refractivity contribution in [1.29, 1.82) is 0 Å². The third-order valence-corrected chi connectivity index (χ3v) is 6.18. The molecule has 0 bridgehead atoms. The second-order valence-corrected chi connectivity index (χ2v) is 9.05. The fourth-order valence-electron chi connectivity index (χ4n) is 2.86. The van der Waals surface area contributed by atoms with Gasteiger partial charge in [0.15, 0.2) is 11.5 Å². The van der Waals surface area contributed by atoms with Crippen molar-refractivity contribution in [1.82, 2.24) is 0 Å². The molecule has 0 fully saturated rings. The van der Waals surface area contributed by atoms with Gasteiger partial charge in [0.05, 0.1) is 4.90 Å². The second kappa shape index (κ2) is 8.37. The Morgan fingerprint density at radius 2 is 1.57 bits per heavy atom. The highest BCUT2D eigenvalue weighted by atomic mass is 79.9. The van der Waals surface area contributed by atoms with Crippen LogP contribution in [0.15, 0.2) is 76.1 Å². The number of sulfonamides is 1. The molecule has 3 aromatic carbocycles. The maximum absolute atomic E-state index is 12.7. The van der Waals surface area contributed by atoms with E-state index in [2.05, 4.69) is 26.0 Å². The first-order valence-corrected chi connectivity index (χ1v) is 11.3. The van der Waals surface area contributed by atoms with Crippen LogP contribution in [0.2, 0.25) is 0 Å². The van der Waals surface area contributed by atoms with Crippen molar-refractivity contribution in [3.63, 3.8) is 0 Å².